The van der Waals surface area contributed by atoms with Crippen LogP contribution in [-0.2, 0) is 5.41 Å². The van der Waals surface area contributed by atoms with Crippen molar-refractivity contribution < 1.29 is 0 Å². The summed E-state index contributed by atoms with van der Waals surface area (Å²) in [4.78, 5) is 0. The Morgan fingerprint density at radius 1 is 0.281 bits per heavy atom. The highest BCUT2D eigenvalue weighted by Gasteiger charge is 2.38. The minimum absolute atomic E-state index is 0.154. The van der Waals surface area contributed by atoms with Crippen molar-refractivity contribution in [2.75, 3.05) is 0 Å². The average molecular weight is 723 g/mol. The predicted molar refractivity (Wildman–Crippen MR) is 245 cm³/mol. The number of hydrogen-bond acceptors (Lipinski definition) is 0. The molecule has 1 aliphatic rings. The van der Waals surface area contributed by atoms with Crippen molar-refractivity contribution in [2.24, 2.45) is 0 Å². The van der Waals surface area contributed by atoms with Crippen LogP contribution in [0.5, 0.6) is 0 Å². The summed E-state index contributed by atoms with van der Waals surface area (Å²) >= 11 is 0. The molecule has 0 N–H and O–H groups in total. The zero-order valence-corrected chi connectivity index (χ0v) is 32.0. The summed E-state index contributed by atoms with van der Waals surface area (Å²) in [5.74, 6) is 0. The van der Waals surface area contributed by atoms with Crippen molar-refractivity contribution in [3.8, 4) is 44.5 Å². The molecular formula is C57H38. The fourth-order valence-corrected chi connectivity index (χ4v) is 10.5. The molecule has 0 saturated heterocycles. The van der Waals surface area contributed by atoms with Crippen LogP contribution in [0, 0.1) is 0 Å². The Bertz CT molecular complexity index is 3420. The maximum absolute atomic E-state index is 2.50. The van der Waals surface area contributed by atoms with Crippen LogP contribution in [0.3, 0.4) is 0 Å². The highest BCUT2D eigenvalue weighted by molar-refractivity contribution is 6.25. The van der Waals surface area contributed by atoms with Crippen LogP contribution in [0.4, 0.5) is 0 Å². The topological polar surface area (TPSA) is 0 Å². The fourth-order valence-electron chi connectivity index (χ4n) is 10.5. The first-order valence-corrected chi connectivity index (χ1v) is 20.1. The van der Waals surface area contributed by atoms with Crippen LogP contribution in [0.25, 0.3) is 109 Å². The van der Waals surface area contributed by atoms with Crippen molar-refractivity contribution in [3.63, 3.8) is 0 Å². The van der Waals surface area contributed by atoms with Gasteiger partial charge in [-0.2, -0.15) is 0 Å². The Balaban J connectivity index is 1.09. The molecule has 0 amide bonds. The Morgan fingerprint density at radius 2 is 0.754 bits per heavy atom. The number of rotatable bonds is 3. The molecule has 57 heavy (non-hydrogen) atoms. The van der Waals surface area contributed by atoms with E-state index in [-0.39, 0.29) is 5.41 Å². The van der Waals surface area contributed by atoms with E-state index in [9.17, 15) is 0 Å². The van der Waals surface area contributed by atoms with Gasteiger partial charge in [-0.3, -0.25) is 0 Å². The third-order valence-corrected chi connectivity index (χ3v) is 13.0. The van der Waals surface area contributed by atoms with Gasteiger partial charge in [-0.05, 0) is 138 Å². The van der Waals surface area contributed by atoms with Crippen LogP contribution in [0.2, 0.25) is 0 Å². The van der Waals surface area contributed by atoms with Gasteiger partial charge in [-0.25, -0.2) is 0 Å². The zero-order valence-electron chi connectivity index (χ0n) is 32.0. The molecule has 0 bridgehead atoms. The molecule has 0 atom stereocenters. The summed E-state index contributed by atoms with van der Waals surface area (Å²) in [7, 11) is 0. The number of benzene rings is 11. The molecule has 0 aromatic heterocycles. The molecule has 0 radical (unpaired) electrons. The summed E-state index contributed by atoms with van der Waals surface area (Å²) in [6, 6.07) is 72.5. The molecule has 11 aromatic carbocycles. The SMILES string of the molecule is CC1(C)c2cc3cc(-c4c5ccccc5c(-c5ccc(-c6ccccc6)c6ccccc56)c5ccccc45)ccc3cc2-c2c1c1ccccc1c1ccccc21. The normalized spacial score (nSPS) is 13.2. The molecule has 0 spiro atoms. The molecule has 0 aliphatic heterocycles. The quantitative estimate of drug-likeness (QED) is 0.126. The van der Waals surface area contributed by atoms with Gasteiger partial charge in [-0.15, -0.1) is 0 Å². The third kappa shape index (κ3) is 4.56. The zero-order chi connectivity index (χ0) is 37.8. The minimum Gasteiger partial charge on any atom is -0.0622 e. The molecule has 0 fully saturated rings. The second-order valence-electron chi connectivity index (χ2n) is 16.3. The Kier molecular flexibility index (Phi) is 6.78. The molecular weight excluding hydrogens is 685 g/mol. The van der Waals surface area contributed by atoms with E-state index in [0.717, 1.165) is 0 Å². The van der Waals surface area contributed by atoms with Gasteiger partial charge in [0.15, 0.2) is 0 Å². The van der Waals surface area contributed by atoms with Gasteiger partial charge >= 0.3 is 0 Å². The van der Waals surface area contributed by atoms with E-state index in [1.807, 2.05) is 0 Å². The van der Waals surface area contributed by atoms with E-state index in [1.165, 1.54) is 120 Å². The van der Waals surface area contributed by atoms with Gasteiger partial charge < -0.3 is 0 Å². The summed E-state index contributed by atoms with van der Waals surface area (Å²) in [6.07, 6.45) is 0. The Morgan fingerprint density at radius 3 is 1.39 bits per heavy atom. The van der Waals surface area contributed by atoms with Crippen molar-refractivity contribution in [1.82, 2.24) is 0 Å². The van der Waals surface area contributed by atoms with Crippen molar-refractivity contribution in [1.29, 1.82) is 0 Å². The number of hydrogen-bond donors (Lipinski definition) is 0. The van der Waals surface area contributed by atoms with Crippen LogP contribution in [0.1, 0.15) is 25.0 Å². The smallest absolute Gasteiger partial charge is 0.0165 e. The third-order valence-electron chi connectivity index (χ3n) is 13.0. The van der Waals surface area contributed by atoms with Crippen LogP contribution in [-0.4, -0.2) is 0 Å². The Labute approximate surface area is 332 Å². The highest BCUT2D eigenvalue weighted by Crippen LogP contribution is 2.56. The Hall–Kier alpha value is -7.02. The second kappa shape index (κ2) is 12.0. The highest BCUT2D eigenvalue weighted by atomic mass is 14.4. The molecule has 0 nitrogen and oxygen atoms in total. The van der Waals surface area contributed by atoms with Crippen molar-refractivity contribution in [2.45, 2.75) is 19.3 Å². The first-order valence-electron chi connectivity index (χ1n) is 20.1. The fraction of sp³-hybridized carbons (Fsp3) is 0.0526. The summed E-state index contributed by atoms with van der Waals surface area (Å²) < 4.78 is 0. The second-order valence-corrected chi connectivity index (χ2v) is 16.3. The monoisotopic (exact) mass is 722 g/mol. The lowest BCUT2D eigenvalue weighted by Crippen LogP contribution is -2.15. The van der Waals surface area contributed by atoms with E-state index >= 15 is 0 Å². The van der Waals surface area contributed by atoms with E-state index in [2.05, 4.69) is 208 Å². The van der Waals surface area contributed by atoms with Gasteiger partial charge in [0.25, 0.3) is 0 Å². The van der Waals surface area contributed by atoms with Crippen molar-refractivity contribution in [3.05, 3.63) is 205 Å². The first kappa shape index (κ1) is 32.2. The molecule has 266 valence electrons. The molecule has 1 aliphatic carbocycles. The number of fused-ring (bicyclic) bond motifs is 12. The summed E-state index contributed by atoms with van der Waals surface area (Å²) in [5.41, 5.74) is 13.0. The van der Waals surface area contributed by atoms with Crippen LogP contribution < -0.4 is 0 Å². The molecule has 11 aromatic rings. The van der Waals surface area contributed by atoms with E-state index in [0.29, 0.717) is 0 Å². The molecule has 0 unspecified atom stereocenters. The summed E-state index contributed by atoms with van der Waals surface area (Å²) in [5, 5.41) is 15.5. The van der Waals surface area contributed by atoms with E-state index in [1.54, 1.807) is 0 Å². The van der Waals surface area contributed by atoms with Crippen LogP contribution >= 0.6 is 0 Å². The lowest BCUT2D eigenvalue weighted by atomic mass is 9.79. The largest absolute Gasteiger partial charge is 0.0622 e. The van der Waals surface area contributed by atoms with Crippen molar-refractivity contribution >= 4 is 64.6 Å². The van der Waals surface area contributed by atoms with Gasteiger partial charge in [0.2, 0.25) is 0 Å². The standard InChI is InChI=1S/C57H38/c1-57(2)52-34-38-32-37(29-28-36(38)33-51(52)55-44-22-10-8-20-42(44)43-21-9-15-27-50(43)56(55)57)53-45-23-11-13-25-47(45)54(48-26-14-12-24-46(48)53)49-31-30-39(35-16-4-3-5-17-35)40-18-6-7-19-41(40)49/h3-34H,1-2H3. The maximum Gasteiger partial charge on any atom is 0.0165 e. The summed E-state index contributed by atoms with van der Waals surface area (Å²) in [6.45, 7) is 4.84. The molecule has 12 rings (SSSR count). The molecule has 0 heteroatoms. The lowest BCUT2D eigenvalue weighted by Gasteiger charge is -2.24. The van der Waals surface area contributed by atoms with E-state index < -0.39 is 0 Å². The predicted octanol–water partition coefficient (Wildman–Crippen LogP) is 15.9. The van der Waals surface area contributed by atoms with Gasteiger partial charge in [0, 0.05) is 5.41 Å². The van der Waals surface area contributed by atoms with E-state index in [4.69, 9.17) is 0 Å². The maximum atomic E-state index is 2.50. The van der Waals surface area contributed by atoms with Gasteiger partial charge in [0.05, 0.1) is 0 Å². The average Bonchev–Trinajstić information content (AvgIpc) is 3.50. The lowest BCUT2D eigenvalue weighted by molar-refractivity contribution is 0.667. The van der Waals surface area contributed by atoms with Crippen LogP contribution in [0.15, 0.2) is 194 Å². The van der Waals surface area contributed by atoms with Gasteiger partial charge in [-0.1, -0.05) is 190 Å². The molecule has 0 saturated carbocycles. The first-order chi connectivity index (χ1) is 28.1. The minimum atomic E-state index is -0.154. The van der Waals surface area contributed by atoms with Gasteiger partial charge in [0.1, 0.15) is 0 Å². The molecule has 0 heterocycles.